The third-order valence-electron chi connectivity index (χ3n) is 2.90. The summed E-state index contributed by atoms with van der Waals surface area (Å²) >= 11 is 5.69. The molecule has 2 rings (SSSR count). The predicted molar refractivity (Wildman–Crippen MR) is 57.4 cm³/mol. The van der Waals surface area contributed by atoms with Gasteiger partial charge in [0.2, 0.25) is 0 Å². The number of nitrogens with zero attached hydrogens (tertiary/aromatic N) is 1. The van der Waals surface area contributed by atoms with Gasteiger partial charge in [-0.3, -0.25) is 0 Å². The van der Waals surface area contributed by atoms with E-state index in [0.717, 1.165) is 6.54 Å². The summed E-state index contributed by atoms with van der Waals surface area (Å²) in [6, 6.07) is 4.41. The Bertz CT molecular complexity index is 385. The third-order valence-corrected chi connectivity index (χ3v) is 3.19. The summed E-state index contributed by atoms with van der Waals surface area (Å²) in [5.74, 6) is -0.449. The maximum absolute atomic E-state index is 13.0. The zero-order valence-electron chi connectivity index (χ0n) is 8.50. The summed E-state index contributed by atoms with van der Waals surface area (Å²) in [6.45, 7) is 1.40. The van der Waals surface area contributed by atoms with E-state index in [-0.39, 0.29) is 5.02 Å². The largest absolute Gasteiger partial charge is 0.384 e. The van der Waals surface area contributed by atoms with Crippen LogP contribution >= 0.6 is 11.6 Å². The smallest absolute Gasteiger partial charge is 0.141 e. The Kier molecular flexibility index (Phi) is 2.71. The molecule has 1 saturated heterocycles. The van der Waals surface area contributed by atoms with Crippen molar-refractivity contribution in [3.05, 3.63) is 34.6 Å². The molecule has 0 aliphatic carbocycles. The second-order valence-corrected chi connectivity index (χ2v) is 4.56. The number of aliphatic hydroxyl groups is 1. The molecule has 0 bridgehead atoms. The van der Waals surface area contributed by atoms with Crippen LogP contribution in [0, 0.1) is 5.82 Å². The van der Waals surface area contributed by atoms with E-state index in [0.29, 0.717) is 18.5 Å². The van der Waals surface area contributed by atoms with Gasteiger partial charge in [0.05, 0.1) is 5.02 Å². The van der Waals surface area contributed by atoms with Crippen LogP contribution in [0.2, 0.25) is 5.02 Å². The summed E-state index contributed by atoms with van der Waals surface area (Å²) in [5, 5.41) is 10.4. The lowest BCUT2D eigenvalue weighted by atomic mass is 9.93. The minimum absolute atomic E-state index is 0.0653. The molecule has 1 aliphatic heterocycles. The Hall–Kier alpha value is -0.640. The average molecular weight is 230 g/mol. The lowest BCUT2D eigenvalue weighted by Crippen LogP contribution is -2.29. The molecule has 2 nitrogen and oxygen atoms in total. The number of hydrogen-bond donors (Lipinski definition) is 1. The number of likely N-dealkylation sites (N-methyl/N-ethyl adjacent to an activating group) is 1. The Morgan fingerprint density at radius 1 is 1.53 bits per heavy atom. The SMILES string of the molecule is CN1CCC(O)(c2ccc(F)c(Cl)c2)C1. The molecule has 1 heterocycles. The first-order valence-corrected chi connectivity index (χ1v) is 5.25. The van der Waals surface area contributed by atoms with E-state index in [4.69, 9.17) is 11.6 Å². The van der Waals surface area contributed by atoms with Gasteiger partial charge in [-0.1, -0.05) is 17.7 Å². The van der Waals surface area contributed by atoms with Crippen LogP contribution in [0.4, 0.5) is 4.39 Å². The lowest BCUT2D eigenvalue weighted by molar-refractivity contribution is 0.0488. The number of rotatable bonds is 1. The van der Waals surface area contributed by atoms with E-state index in [9.17, 15) is 9.50 Å². The standard InChI is InChI=1S/C11H13ClFNO/c1-14-5-4-11(15,7-14)8-2-3-10(13)9(12)6-8/h2-3,6,15H,4-5,7H2,1H3. The van der Waals surface area contributed by atoms with Gasteiger partial charge in [-0.2, -0.15) is 0 Å². The van der Waals surface area contributed by atoms with Gasteiger partial charge in [0.15, 0.2) is 0 Å². The zero-order valence-corrected chi connectivity index (χ0v) is 9.26. The molecule has 0 radical (unpaired) electrons. The Morgan fingerprint density at radius 3 is 2.80 bits per heavy atom. The minimum Gasteiger partial charge on any atom is -0.384 e. The van der Waals surface area contributed by atoms with E-state index < -0.39 is 11.4 Å². The maximum atomic E-state index is 13.0. The number of halogens is 2. The van der Waals surface area contributed by atoms with Gasteiger partial charge in [0.1, 0.15) is 11.4 Å². The molecule has 82 valence electrons. The third kappa shape index (κ3) is 2.00. The first kappa shape index (κ1) is 10.9. The van der Waals surface area contributed by atoms with Crippen LogP contribution in [0.3, 0.4) is 0 Å². The van der Waals surface area contributed by atoms with Crippen molar-refractivity contribution in [2.45, 2.75) is 12.0 Å². The molecule has 0 amide bonds. The molecule has 1 atom stereocenters. The fraction of sp³-hybridized carbons (Fsp3) is 0.455. The molecule has 15 heavy (non-hydrogen) atoms. The van der Waals surface area contributed by atoms with Crippen LogP contribution in [0.15, 0.2) is 18.2 Å². The molecule has 1 fully saturated rings. The van der Waals surface area contributed by atoms with E-state index in [1.807, 2.05) is 11.9 Å². The monoisotopic (exact) mass is 229 g/mol. The molecule has 0 aromatic heterocycles. The average Bonchev–Trinajstić information content (AvgIpc) is 2.52. The summed E-state index contributed by atoms with van der Waals surface area (Å²) in [5.41, 5.74) is -0.190. The normalized spacial score (nSPS) is 27.2. The van der Waals surface area contributed by atoms with Crippen LogP contribution in [-0.4, -0.2) is 30.1 Å². The van der Waals surface area contributed by atoms with Crippen molar-refractivity contribution in [2.24, 2.45) is 0 Å². The molecular weight excluding hydrogens is 217 g/mol. The van der Waals surface area contributed by atoms with Crippen molar-refractivity contribution in [3.8, 4) is 0 Å². The van der Waals surface area contributed by atoms with Crippen molar-refractivity contribution in [1.29, 1.82) is 0 Å². The van der Waals surface area contributed by atoms with Crippen molar-refractivity contribution < 1.29 is 9.50 Å². The molecule has 1 aromatic rings. The summed E-state index contributed by atoms with van der Waals surface area (Å²) in [6.07, 6.45) is 0.658. The van der Waals surface area contributed by atoms with Crippen molar-refractivity contribution in [1.82, 2.24) is 4.90 Å². The number of benzene rings is 1. The minimum atomic E-state index is -0.883. The molecular formula is C11H13ClFNO. The Labute approximate surface area is 93.3 Å². The van der Waals surface area contributed by atoms with Gasteiger partial charge in [-0.25, -0.2) is 4.39 Å². The summed E-state index contributed by atoms with van der Waals surface area (Å²) in [7, 11) is 1.95. The van der Waals surface area contributed by atoms with E-state index in [1.165, 1.54) is 12.1 Å². The highest BCUT2D eigenvalue weighted by Crippen LogP contribution is 2.32. The first-order chi connectivity index (χ1) is 7.01. The Balaban J connectivity index is 2.33. The molecule has 1 aliphatic rings. The number of β-amino-alcohol motifs (C(OH)–C–C–N with tert-alkyl or cyclic N) is 1. The fourth-order valence-electron chi connectivity index (χ4n) is 2.00. The summed E-state index contributed by atoms with van der Waals surface area (Å²) < 4.78 is 13.0. The molecule has 1 unspecified atom stereocenters. The van der Waals surface area contributed by atoms with Crippen molar-refractivity contribution in [2.75, 3.05) is 20.1 Å². The first-order valence-electron chi connectivity index (χ1n) is 4.88. The second kappa shape index (κ2) is 3.74. The number of hydrogen-bond acceptors (Lipinski definition) is 2. The van der Waals surface area contributed by atoms with Gasteiger partial charge < -0.3 is 10.0 Å². The second-order valence-electron chi connectivity index (χ2n) is 4.15. The van der Waals surface area contributed by atoms with Crippen LogP contribution in [0.5, 0.6) is 0 Å². The van der Waals surface area contributed by atoms with Crippen molar-refractivity contribution in [3.63, 3.8) is 0 Å². The Morgan fingerprint density at radius 2 is 2.27 bits per heavy atom. The van der Waals surface area contributed by atoms with Gasteiger partial charge in [0.25, 0.3) is 0 Å². The molecule has 4 heteroatoms. The fourth-order valence-corrected chi connectivity index (χ4v) is 2.18. The molecule has 1 aromatic carbocycles. The van der Waals surface area contributed by atoms with E-state index >= 15 is 0 Å². The van der Waals surface area contributed by atoms with Crippen LogP contribution in [0.1, 0.15) is 12.0 Å². The maximum Gasteiger partial charge on any atom is 0.141 e. The molecule has 0 saturated carbocycles. The highest BCUT2D eigenvalue weighted by atomic mass is 35.5. The van der Waals surface area contributed by atoms with E-state index in [1.54, 1.807) is 6.07 Å². The van der Waals surface area contributed by atoms with Gasteiger partial charge in [0, 0.05) is 13.1 Å². The summed E-state index contributed by atoms with van der Waals surface area (Å²) in [4.78, 5) is 2.04. The zero-order chi connectivity index (χ0) is 11.1. The van der Waals surface area contributed by atoms with Gasteiger partial charge in [-0.15, -0.1) is 0 Å². The lowest BCUT2D eigenvalue weighted by Gasteiger charge is -2.23. The number of likely N-dealkylation sites (tertiary alicyclic amines) is 1. The van der Waals surface area contributed by atoms with E-state index in [2.05, 4.69) is 0 Å². The predicted octanol–water partition coefficient (Wildman–Crippen LogP) is 2.00. The molecule has 1 N–H and O–H groups in total. The molecule has 0 spiro atoms. The highest BCUT2D eigenvalue weighted by molar-refractivity contribution is 6.30. The van der Waals surface area contributed by atoms with Crippen LogP contribution in [-0.2, 0) is 5.60 Å². The van der Waals surface area contributed by atoms with Gasteiger partial charge in [-0.05, 0) is 31.2 Å². The quantitative estimate of drug-likeness (QED) is 0.796. The highest BCUT2D eigenvalue weighted by Gasteiger charge is 2.36. The van der Waals surface area contributed by atoms with Crippen molar-refractivity contribution >= 4 is 11.6 Å². The topological polar surface area (TPSA) is 23.5 Å². The van der Waals surface area contributed by atoms with Crippen LogP contribution < -0.4 is 0 Å². The van der Waals surface area contributed by atoms with Gasteiger partial charge >= 0.3 is 0 Å². The van der Waals surface area contributed by atoms with Crippen LogP contribution in [0.25, 0.3) is 0 Å².